The molecule has 1 amide bonds. The van der Waals surface area contributed by atoms with Gasteiger partial charge in [-0.25, -0.2) is 0 Å². The van der Waals surface area contributed by atoms with Gasteiger partial charge in [0.1, 0.15) is 0 Å². The highest BCUT2D eigenvalue weighted by Gasteiger charge is 2.28. The van der Waals surface area contributed by atoms with E-state index in [9.17, 15) is 9.90 Å². The lowest BCUT2D eigenvalue weighted by Gasteiger charge is -2.23. The maximum atomic E-state index is 12.2. The van der Waals surface area contributed by atoms with Gasteiger partial charge in [0, 0.05) is 12.1 Å². The van der Waals surface area contributed by atoms with Gasteiger partial charge in [-0.05, 0) is 31.0 Å². The third-order valence-corrected chi connectivity index (χ3v) is 3.75. The highest BCUT2D eigenvalue weighted by Crippen LogP contribution is 2.25. The average Bonchev–Trinajstić information content (AvgIpc) is 2.80. The molecule has 1 saturated heterocycles. The number of carbonyl (C=O) groups excluding carboxylic acids is 1. The Morgan fingerprint density at radius 2 is 2.18 bits per heavy atom. The van der Waals surface area contributed by atoms with Crippen molar-refractivity contribution in [2.24, 2.45) is 0 Å². The Hall–Kier alpha value is -0.770. The molecule has 5 heteroatoms. The molecule has 3 nitrogen and oxygen atoms in total. The molecule has 1 atom stereocenters. The molecule has 0 aliphatic carbocycles. The van der Waals surface area contributed by atoms with Crippen LogP contribution in [0.2, 0.25) is 10.0 Å². The number of hydrogen-bond donors (Lipinski definition) is 1. The van der Waals surface area contributed by atoms with E-state index in [0.717, 1.165) is 12.8 Å². The highest BCUT2D eigenvalue weighted by atomic mass is 35.5. The summed E-state index contributed by atoms with van der Waals surface area (Å²) in [6, 6.07) is 4.76. The minimum absolute atomic E-state index is 0.00701. The number of halogens is 2. The van der Waals surface area contributed by atoms with Crippen molar-refractivity contribution >= 4 is 29.1 Å². The molecule has 0 spiro atoms. The topological polar surface area (TPSA) is 40.5 Å². The summed E-state index contributed by atoms with van der Waals surface area (Å²) in [5.41, 5.74) is 0.514. The summed E-state index contributed by atoms with van der Waals surface area (Å²) in [6.07, 6.45) is 1.78. The minimum atomic E-state index is -0.0971. The molecule has 1 heterocycles. The van der Waals surface area contributed by atoms with Crippen LogP contribution in [0.25, 0.3) is 0 Å². The molecule has 1 aromatic rings. The maximum Gasteiger partial charge on any atom is 0.254 e. The second-order valence-electron chi connectivity index (χ2n) is 4.11. The molecule has 0 saturated carbocycles. The SMILES string of the molecule is O=C(c1ccc(Cl)c(Cl)c1)N1CCCC1CO. The summed E-state index contributed by atoms with van der Waals surface area (Å²) in [7, 11) is 0. The van der Waals surface area contributed by atoms with E-state index >= 15 is 0 Å². The summed E-state index contributed by atoms with van der Waals surface area (Å²) < 4.78 is 0. The molecule has 2 rings (SSSR count). The molecule has 0 aromatic heterocycles. The first-order valence-corrected chi connectivity index (χ1v) is 6.26. The molecule has 1 N–H and O–H groups in total. The third kappa shape index (κ3) is 2.57. The predicted octanol–water partition coefficient (Wildman–Crippen LogP) is 2.59. The number of hydrogen-bond acceptors (Lipinski definition) is 2. The number of benzene rings is 1. The van der Waals surface area contributed by atoms with E-state index in [4.69, 9.17) is 23.2 Å². The number of rotatable bonds is 2. The van der Waals surface area contributed by atoms with Gasteiger partial charge in [0.25, 0.3) is 5.91 Å². The van der Waals surface area contributed by atoms with Crippen molar-refractivity contribution in [2.75, 3.05) is 13.2 Å². The van der Waals surface area contributed by atoms with Gasteiger partial charge in [-0.2, -0.15) is 0 Å². The van der Waals surface area contributed by atoms with Gasteiger partial charge in [0.2, 0.25) is 0 Å². The smallest absolute Gasteiger partial charge is 0.254 e. The number of carbonyl (C=O) groups is 1. The van der Waals surface area contributed by atoms with E-state index in [1.807, 2.05) is 0 Å². The van der Waals surface area contributed by atoms with Crippen LogP contribution in [-0.2, 0) is 0 Å². The lowest BCUT2D eigenvalue weighted by atomic mass is 10.1. The van der Waals surface area contributed by atoms with Crippen LogP contribution in [0.15, 0.2) is 18.2 Å². The van der Waals surface area contributed by atoms with E-state index in [-0.39, 0.29) is 18.6 Å². The standard InChI is InChI=1S/C12H13Cl2NO2/c13-10-4-3-8(6-11(10)14)12(17)15-5-1-2-9(15)7-16/h3-4,6,9,16H,1-2,5,7H2. The van der Waals surface area contributed by atoms with E-state index in [2.05, 4.69) is 0 Å². The monoisotopic (exact) mass is 273 g/mol. The quantitative estimate of drug-likeness (QED) is 0.900. The summed E-state index contributed by atoms with van der Waals surface area (Å²) >= 11 is 11.7. The van der Waals surface area contributed by atoms with Crippen molar-refractivity contribution in [2.45, 2.75) is 18.9 Å². The van der Waals surface area contributed by atoms with E-state index in [1.165, 1.54) is 0 Å². The molecular formula is C12H13Cl2NO2. The normalized spacial score (nSPS) is 19.7. The molecule has 0 bridgehead atoms. The lowest BCUT2D eigenvalue weighted by Crippen LogP contribution is -2.37. The van der Waals surface area contributed by atoms with Gasteiger partial charge in [0.05, 0.1) is 22.7 Å². The first-order chi connectivity index (χ1) is 8.13. The van der Waals surface area contributed by atoms with Gasteiger partial charge in [0.15, 0.2) is 0 Å². The number of amides is 1. The summed E-state index contributed by atoms with van der Waals surface area (Å²) in [4.78, 5) is 13.9. The molecule has 0 radical (unpaired) electrons. The van der Waals surface area contributed by atoms with Crippen LogP contribution >= 0.6 is 23.2 Å². The van der Waals surface area contributed by atoms with Crippen LogP contribution in [0.4, 0.5) is 0 Å². The van der Waals surface area contributed by atoms with Gasteiger partial charge >= 0.3 is 0 Å². The number of aliphatic hydroxyl groups excluding tert-OH is 1. The van der Waals surface area contributed by atoms with Crippen molar-refractivity contribution in [1.29, 1.82) is 0 Å². The second-order valence-corrected chi connectivity index (χ2v) is 4.92. The fraction of sp³-hybridized carbons (Fsp3) is 0.417. The lowest BCUT2D eigenvalue weighted by molar-refractivity contribution is 0.0677. The summed E-state index contributed by atoms with van der Waals surface area (Å²) in [6.45, 7) is 0.692. The highest BCUT2D eigenvalue weighted by molar-refractivity contribution is 6.42. The summed E-state index contributed by atoms with van der Waals surface area (Å²) in [5.74, 6) is -0.0971. The van der Waals surface area contributed by atoms with Crippen molar-refractivity contribution in [3.8, 4) is 0 Å². The Morgan fingerprint density at radius 3 is 2.82 bits per heavy atom. The van der Waals surface area contributed by atoms with Crippen LogP contribution in [-0.4, -0.2) is 35.1 Å². The van der Waals surface area contributed by atoms with E-state index < -0.39 is 0 Å². The van der Waals surface area contributed by atoms with Gasteiger partial charge < -0.3 is 10.0 Å². The predicted molar refractivity (Wildman–Crippen MR) is 67.6 cm³/mol. The van der Waals surface area contributed by atoms with Crippen LogP contribution in [0.5, 0.6) is 0 Å². The average molecular weight is 274 g/mol. The Balaban J connectivity index is 2.21. The molecule has 1 unspecified atom stereocenters. The molecular weight excluding hydrogens is 261 g/mol. The molecule has 1 aliphatic rings. The molecule has 1 aliphatic heterocycles. The zero-order chi connectivity index (χ0) is 12.4. The van der Waals surface area contributed by atoms with Crippen LogP contribution < -0.4 is 0 Å². The summed E-state index contributed by atoms with van der Waals surface area (Å²) in [5, 5.41) is 10.00. The van der Waals surface area contributed by atoms with Gasteiger partial charge in [-0.1, -0.05) is 23.2 Å². The van der Waals surface area contributed by atoms with Crippen molar-refractivity contribution in [3.05, 3.63) is 33.8 Å². The Bertz CT molecular complexity index is 437. The first-order valence-electron chi connectivity index (χ1n) is 5.50. The second kappa shape index (κ2) is 5.25. The van der Waals surface area contributed by atoms with Gasteiger partial charge in [-0.3, -0.25) is 4.79 Å². The van der Waals surface area contributed by atoms with Crippen molar-refractivity contribution < 1.29 is 9.90 Å². The number of nitrogens with zero attached hydrogens (tertiary/aromatic N) is 1. The fourth-order valence-electron chi connectivity index (χ4n) is 2.09. The van der Waals surface area contributed by atoms with E-state index in [1.54, 1.807) is 23.1 Å². The van der Waals surface area contributed by atoms with Crippen LogP contribution in [0.3, 0.4) is 0 Å². The molecule has 1 aromatic carbocycles. The zero-order valence-corrected chi connectivity index (χ0v) is 10.7. The van der Waals surface area contributed by atoms with E-state index in [0.29, 0.717) is 22.2 Å². The maximum absolute atomic E-state index is 12.2. The molecule has 92 valence electrons. The molecule has 1 fully saturated rings. The fourth-order valence-corrected chi connectivity index (χ4v) is 2.39. The van der Waals surface area contributed by atoms with Crippen LogP contribution in [0, 0.1) is 0 Å². The third-order valence-electron chi connectivity index (χ3n) is 3.02. The first kappa shape index (κ1) is 12.7. The molecule has 17 heavy (non-hydrogen) atoms. The van der Waals surface area contributed by atoms with Crippen LogP contribution in [0.1, 0.15) is 23.2 Å². The number of aliphatic hydroxyl groups is 1. The van der Waals surface area contributed by atoms with Crippen molar-refractivity contribution in [3.63, 3.8) is 0 Å². The van der Waals surface area contributed by atoms with Crippen molar-refractivity contribution in [1.82, 2.24) is 4.90 Å². The Labute approximate surface area is 110 Å². The Kier molecular flexibility index (Phi) is 3.92. The van der Waals surface area contributed by atoms with Gasteiger partial charge in [-0.15, -0.1) is 0 Å². The Morgan fingerprint density at radius 1 is 1.41 bits per heavy atom. The largest absolute Gasteiger partial charge is 0.394 e. The number of likely N-dealkylation sites (tertiary alicyclic amines) is 1. The zero-order valence-electron chi connectivity index (χ0n) is 9.20. The minimum Gasteiger partial charge on any atom is -0.394 e.